The lowest BCUT2D eigenvalue weighted by atomic mass is 10.1. The number of nitrogens with one attached hydrogen (secondary N) is 1. The summed E-state index contributed by atoms with van der Waals surface area (Å²) in [6.07, 6.45) is 2.25. The number of aromatic nitrogens is 1. The minimum atomic E-state index is 0.987. The Morgan fingerprint density at radius 1 is 1.00 bits per heavy atom. The smallest absolute Gasteiger partial charge is 0.0606 e. The maximum atomic E-state index is 4.45. The number of hydrogen-bond acceptors (Lipinski definition) is 2. The standard InChI is InChI=1S/C16H20N2/c1-13-10-11-16(14(2)18-13)17-12-6-9-15-7-4-3-5-8-15/h3-5,7-8,10-11,17H,6,9,12H2,1-2H3. The van der Waals surface area contributed by atoms with Gasteiger partial charge in [0, 0.05) is 12.2 Å². The van der Waals surface area contributed by atoms with Crippen LogP contribution in [-0.2, 0) is 6.42 Å². The molecule has 0 unspecified atom stereocenters. The lowest BCUT2D eigenvalue weighted by Gasteiger charge is -2.09. The van der Waals surface area contributed by atoms with Gasteiger partial charge in [-0.1, -0.05) is 30.3 Å². The molecule has 2 rings (SSSR count). The topological polar surface area (TPSA) is 24.9 Å². The molecule has 0 spiro atoms. The predicted octanol–water partition coefficient (Wildman–Crippen LogP) is 3.74. The van der Waals surface area contributed by atoms with Gasteiger partial charge in [-0.2, -0.15) is 0 Å². The van der Waals surface area contributed by atoms with Crippen molar-refractivity contribution in [2.24, 2.45) is 0 Å². The first-order chi connectivity index (χ1) is 8.75. The first kappa shape index (κ1) is 12.6. The van der Waals surface area contributed by atoms with Crippen LogP contribution >= 0.6 is 0 Å². The van der Waals surface area contributed by atoms with E-state index in [1.807, 2.05) is 19.9 Å². The lowest BCUT2D eigenvalue weighted by molar-refractivity contribution is 0.860. The van der Waals surface area contributed by atoms with Crippen LogP contribution in [0.15, 0.2) is 42.5 Å². The zero-order valence-electron chi connectivity index (χ0n) is 11.1. The molecule has 0 bridgehead atoms. The van der Waals surface area contributed by atoms with Gasteiger partial charge in [-0.25, -0.2) is 0 Å². The van der Waals surface area contributed by atoms with Gasteiger partial charge in [0.2, 0.25) is 0 Å². The van der Waals surface area contributed by atoms with E-state index >= 15 is 0 Å². The number of hydrogen-bond donors (Lipinski definition) is 1. The molecule has 2 heteroatoms. The molecule has 0 aliphatic rings. The van der Waals surface area contributed by atoms with Crippen LogP contribution in [0, 0.1) is 13.8 Å². The molecule has 0 fully saturated rings. The van der Waals surface area contributed by atoms with Crippen molar-refractivity contribution in [1.29, 1.82) is 0 Å². The molecule has 0 saturated carbocycles. The summed E-state index contributed by atoms with van der Waals surface area (Å²) in [5.74, 6) is 0. The van der Waals surface area contributed by atoms with E-state index in [9.17, 15) is 0 Å². The highest BCUT2D eigenvalue weighted by molar-refractivity contribution is 5.47. The largest absolute Gasteiger partial charge is 0.384 e. The fraction of sp³-hybridized carbons (Fsp3) is 0.312. The van der Waals surface area contributed by atoms with Gasteiger partial charge in [0.25, 0.3) is 0 Å². The summed E-state index contributed by atoms with van der Waals surface area (Å²) >= 11 is 0. The summed E-state index contributed by atoms with van der Waals surface area (Å²) in [6.45, 7) is 5.05. The Balaban J connectivity index is 1.79. The first-order valence-electron chi connectivity index (χ1n) is 6.48. The third-order valence-corrected chi connectivity index (χ3v) is 3.03. The van der Waals surface area contributed by atoms with Crippen molar-refractivity contribution in [3.05, 3.63) is 59.4 Å². The molecule has 0 aliphatic carbocycles. The van der Waals surface area contributed by atoms with Crippen LogP contribution in [0.2, 0.25) is 0 Å². The molecule has 0 aliphatic heterocycles. The minimum absolute atomic E-state index is 0.987. The van der Waals surface area contributed by atoms with Crippen LogP contribution in [0.5, 0.6) is 0 Å². The number of rotatable bonds is 5. The predicted molar refractivity (Wildman–Crippen MR) is 77.0 cm³/mol. The van der Waals surface area contributed by atoms with Crippen molar-refractivity contribution >= 4 is 5.69 Å². The van der Waals surface area contributed by atoms with Crippen LogP contribution in [0.25, 0.3) is 0 Å². The molecule has 18 heavy (non-hydrogen) atoms. The summed E-state index contributed by atoms with van der Waals surface area (Å²) in [5, 5.41) is 3.45. The van der Waals surface area contributed by atoms with E-state index in [1.165, 1.54) is 5.56 Å². The van der Waals surface area contributed by atoms with Crippen molar-refractivity contribution in [3.8, 4) is 0 Å². The first-order valence-corrected chi connectivity index (χ1v) is 6.48. The second-order valence-corrected chi connectivity index (χ2v) is 4.60. The van der Waals surface area contributed by atoms with E-state index < -0.39 is 0 Å². The van der Waals surface area contributed by atoms with Gasteiger partial charge in [-0.15, -0.1) is 0 Å². The van der Waals surface area contributed by atoms with Crippen LogP contribution in [0.3, 0.4) is 0 Å². The zero-order chi connectivity index (χ0) is 12.8. The monoisotopic (exact) mass is 240 g/mol. The van der Waals surface area contributed by atoms with Gasteiger partial charge < -0.3 is 5.32 Å². The van der Waals surface area contributed by atoms with Gasteiger partial charge in [0.05, 0.1) is 11.4 Å². The number of aryl methyl sites for hydroxylation is 3. The molecule has 0 saturated heterocycles. The molecule has 2 aromatic rings. The molecule has 94 valence electrons. The van der Waals surface area contributed by atoms with Gasteiger partial charge in [-0.3, -0.25) is 4.98 Å². The summed E-state index contributed by atoms with van der Waals surface area (Å²) in [7, 11) is 0. The summed E-state index contributed by atoms with van der Waals surface area (Å²) < 4.78 is 0. The molecule has 2 nitrogen and oxygen atoms in total. The van der Waals surface area contributed by atoms with E-state index in [0.29, 0.717) is 0 Å². The van der Waals surface area contributed by atoms with E-state index in [2.05, 4.69) is 46.7 Å². The fourth-order valence-corrected chi connectivity index (χ4v) is 2.03. The quantitative estimate of drug-likeness (QED) is 0.805. The SMILES string of the molecule is Cc1ccc(NCCCc2ccccc2)c(C)n1. The molecule has 1 aromatic heterocycles. The molecule has 0 atom stereocenters. The minimum Gasteiger partial charge on any atom is -0.384 e. The molecule has 0 radical (unpaired) electrons. The maximum absolute atomic E-state index is 4.45. The third-order valence-electron chi connectivity index (χ3n) is 3.03. The molecule has 1 N–H and O–H groups in total. The highest BCUT2D eigenvalue weighted by atomic mass is 14.9. The number of anilines is 1. The molecule has 1 heterocycles. The Kier molecular flexibility index (Phi) is 4.35. The zero-order valence-corrected chi connectivity index (χ0v) is 11.1. The van der Waals surface area contributed by atoms with E-state index in [4.69, 9.17) is 0 Å². The average Bonchev–Trinajstić information content (AvgIpc) is 2.38. The van der Waals surface area contributed by atoms with Crippen molar-refractivity contribution in [3.63, 3.8) is 0 Å². The number of benzene rings is 1. The second kappa shape index (κ2) is 6.20. The third kappa shape index (κ3) is 3.59. The Labute approximate surface area is 109 Å². The Morgan fingerprint density at radius 3 is 2.50 bits per heavy atom. The molecule has 1 aromatic carbocycles. The highest BCUT2D eigenvalue weighted by Crippen LogP contribution is 2.12. The summed E-state index contributed by atoms with van der Waals surface area (Å²) in [6, 6.07) is 14.8. The summed E-state index contributed by atoms with van der Waals surface area (Å²) in [5.41, 5.74) is 4.70. The summed E-state index contributed by atoms with van der Waals surface area (Å²) in [4.78, 5) is 4.45. The van der Waals surface area contributed by atoms with E-state index in [-0.39, 0.29) is 0 Å². The van der Waals surface area contributed by atoms with Crippen LogP contribution in [0.1, 0.15) is 23.4 Å². The average molecular weight is 240 g/mol. The van der Waals surface area contributed by atoms with Gasteiger partial charge in [0.15, 0.2) is 0 Å². The van der Waals surface area contributed by atoms with E-state index in [0.717, 1.165) is 36.5 Å². The lowest BCUT2D eigenvalue weighted by Crippen LogP contribution is -2.05. The Hall–Kier alpha value is -1.83. The Morgan fingerprint density at radius 2 is 1.78 bits per heavy atom. The van der Waals surface area contributed by atoms with Crippen molar-refractivity contribution < 1.29 is 0 Å². The Bertz CT molecular complexity index is 492. The van der Waals surface area contributed by atoms with Crippen LogP contribution in [-0.4, -0.2) is 11.5 Å². The van der Waals surface area contributed by atoms with Gasteiger partial charge >= 0.3 is 0 Å². The number of pyridine rings is 1. The van der Waals surface area contributed by atoms with Gasteiger partial charge in [-0.05, 0) is 44.4 Å². The molecular formula is C16H20N2. The molecular weight excluding hydrogens is 220 g/mol. The normalized spacial score (nSPS) is 10.3. The highest BCUT2D eigenvalue weighted by Gasteiger charge is 1.98. The van der Waals surface area contributed by atoms with Crippen LogP contribution in [0.4, 0.5) is 5.69 Å². The van der Waals surface area contributed by atoms with Crippen molar-refractivity contribution in [2.75, 3.05) is 11.9 Å². The number of nitrogens with zero attached hydrogens (tertiary/aromatic N) is 1. The van der Waals surface area contributed by atoms with Crippen LogP contribution < -0.4 is 5.32 Å². The van der Waals surface area contributed by atoms with Crippen molar-refractivity contribution in [1.82, 2.24) is 4.98 Å². The second-order valence-electron chi connectivity index (χ2n) is 4.60. The molecule has 0 amide bonds. The van der Waals surface area contributed by atoms with Gasteiger partial charge in [0.1, 0.15) is 0 Å². The fourth-order valence-electron chi connectivity index (χ4n) is 2.03. The van der Waals surface area contributed by atoms with E-state index in [1.54, 1.807) is 0 Å². The van der Waals surface area contributed by atoms with Crippen molar-refractivity contribution in [2.45, 2.75) is 26.7 Å². The maximum Gasteiger partial charge on any atom is 0.0606 e.